The molecule has 4 aromatic heterocycles. The lowest BCUT2D eigenvalue weighted by atomic mass is 10.0. The number of hydrogen-bond donors (Lipinski definition) is 1. The Morgan fingerprint density at radius 1 is 1.12 bits per heavy atom. The molecule has 0 aliphatic carbocycles. The zero-order valence-electron chi connectivity index (χ0n) is 18.6. The van der Waals surface area contributed by atoms with E-state index < -0.39 is 6.43 Å². The van der Waals surface area contributed by atoms with Gasteiger partial charge >= 0.3 is 0 Å². The normalized spacial score (nSPS) is 15.5. The van der Waals surface area contributed by atoms with Crippen LogP contribution in [0.15, 0.2) is 43.0 Å². The molecule has 1 N–H and O–H groups in total. The Bertz CT molecular complexity index is 1240. The number of halogens is 2. The molecule has 1 aliphatic rings. The van der Waals surface area contributed by atoms with Crippen molar-refractivity contribution in [1.82, 2.24) is 29.6 Å². The maximum atomic E-state index is 12.9. The molecule has 0 spiro atoms. The van der Waals surface area contributed by atoms with E-state index in [1.807, 2.05) is 23.9 Å². The summed E-state index contributed by atoms with van der Waals surface area (Å²) in [5, 5.41) is 5.64. The van der Waals surface area contributed by atoms with Gasteiger partial charge in [-0.1, -0.05) is 6.07 Å². The highest BCUT2D eigenvalue weighted by Crippen LogP contribution is 2.36. The fraction of sp³-hybridized carbons (Fsp3) is 0.375. The molecule has 9 heteroatoms. The van der Waals surface area contributed by atoms with E-state index >= 15 is 0 Å². The van der Waals surface area contributed by atoms with Gasteiger partial charge < -0.3 is 14.6 Å². The predicted molar refractivity (Wildman–Crippen MR) is 122 cm³/mol. The van der Waals surface area contributed by atoms with Crippen LogP contribution in [0.2, 0.25) is 0 Å². The van der Waals surface area contributed by atoms with Gasteiger partial charge in [-0.25, -0.2) is 13.8 Å². The Labute approximate surface area is 190 Å². The number of likely N-dealkylation sites (tertiary alicyclic amines) is 1. The van der Waals surface area contributed by atoms with Crippen molar-refractivity contribution in [2.45, 2.75) is 32.2 Å². The summed E-state index contributed by atoms with van der Waals surface area (Å²) in [5.41, 5.74) is 3.86. The molecule has 172 valence electrons. The summed E-state index contributed by atoms with van der Waals surface area (Å²) >= 11 is 0. The first-order valence-corrected chi connectivity index (χ1v) is 11.2. The van der Waals surface area contributed by atoms with Gasteiger partial charge in [0.05, 0.1) is 18.2 Å². The molecular formula is C24H26F2N6O. The van der Waals surface area contributed by atoms with Gasteiger partial charge in [0.1, 0.15) is 11.3 Å². The maximum Gasteiger partial charge on any atom is 0.280 e. The summed E-state index contributed by atoms with van der Waals surface area (Å²) in [6.45, 7) is 4.55. The molecule has 1 saturated heterocycles. The predicted octanol–water partition coefficient (Wildman–Crippen LogP) is 5.09. The minimum atomic E-state index is -2.59. The second-order valence-corrected chi connectivity index (χ2v) is 8.39. The van der Waals surface area contributed by atoms with Crippen LogP contribution in [0.3, 0.4) is 0 Å². The molecule has 0 amide bonds. The molecule has 0 unspecified atom stereocenters. The summed E-state index contributed by atoms with van der Waals surface area (Å²) in [6.07, 6.45) is 6.66. The first-order valence-electron chi connectivity index (χ1n) is 11.2. The lowest BCUT2D eigenvalue weighted by molar-refractivity contribution is 0.146. The van der Waals surface area contributed by atoms with Crippen LogP contribution in [-0.4, -0.2) is 56.4 Å². The molecule has 4 aromatic rings. The largest absolute Gasteiger partial charge is 0.476 e. The molecule has 1 aliphatic heterocycles. The van der Waals surface area contributed by atoms with E-state index in [2.05, 4.69) is 33.1 Å². The highest BCUT2D eigenvalue weighted by molar-refractivity contribution is 5.95. The van der Waals surface area contributed by atoms with E-state index in [1.165, 1.54) is 12.3 Å². The summed E-state index contributed by atoms with van der Waals surface area (Å²) < 4.78 is 33.7. The van der Waals surface area contributed by atoms with Gasteiger partial charge in [-0.05, 0) is 52.0 Å². The van der Waals surface area contributed by atoms with Crippen molar-refractivity contribution in [1.29, 1.82) is 0 Å². The Morgan fingerprint density at radius 3 is 2.61 bits per heavy atom. The van der Waals surface area contributed by atoms with Crippen LogP contribution >= 0.6 is 0 Å². The molecule has 0 saturated carbocycles. The number of ether oxygens (including phenoxy) is 1. The smallest absolute Gasteiger partial charge is 0.280 e. The molecule has 0 bridgehead atoms. The highest BCUT2D eigenvalue weighted by Gasteiger charge is 2.22. The van der Waals surface area contributed by atoms with Crippen molar-refractivity contribution in [3.8, 4) is 28.1 Å². The standard InChI is InChI=1S/C24H26F2N6O/c1-3-33-24-20(14-32(30-24)17-6-8-31(2)9-7-17)16-10-18-19(13-29-23(18)28-12-16)15-4-5-21(22(25)26)27-11-15/h4-5,10-14,17,22H,3,6-9H2,1-2H3,(H,28,29). The number of alkyl halides is 2. The quantitative estimate of drug-likeness (QED) is 0.441. The van der Waals surface area contributed by atoms with Crippen molar-refractivity contribution in [3.63, 3.8) is 0 Å². The second-order valence-electron chi connectivity index (χ2n) is 8.39. The van der Waals surface area contributed by atoms with Crippen LogP contribution in [0.1, 0.15) is 37.9 Å². The number of pyridine rings is 2. The number of aromatic nitrogens is 5. The van der Waals surface area contributed by atoms with Crippen LogP contribution in [0.25, 0.3) is 33.3 Å². The number of nitrogens with one attached hydrogen (secondary N) is 1. The molecule has 0 atom stereocenters. The van der Waals surface area contributed by atoms with E-state index in [4.69, 9.17) is 9.84 Å². The molecule has 33 heavy (non-hydrogen) atoms. The number of H-pyrrole nitrogens is 1. The number of nitrogens with zero attached hydrogens (tertiary/aromatic N) is 5. The van der Waals surface area contributed by atoms with Crippen molar-refractivity contribution >= 4 is 11.0 Å². The Kier molecular flexibility index (Phi) is 5.80. The van der Waals surface area contributed by atoms with Crippen LogP contribution in [0.5, 0.6) is 5.88 Å². The van der Waals surface area contributed by atoms with Gasteiger partial charge in [0, 0.05) is 46.9 Å². The summed E-state index contributed by atoms with van der Waals surface area (Å²) in [7, 11) is 2.14. The maximum absolute atomic E-state index is 12.9. The third kappa shape index (κ3) is 4.20. The van der Waals surface area contributed by atoms with Gasteiger partial charge in [0.15, 0.2) is 0 Å². The number of rotatable bonds is 6. The van der Waals surface area contributed by atoms with Crippen LogP contribution in [0, 0.1) is 0 Å². The van der Waals surface area contributed by atoms with Gasteiger partial charge in [0.25, 0.3) is 6.43 Å². The number of fused-ring (bicyclic) bond motifs is 1. The van der Waals surface area contributed by atoms with Crippen molar-refractivity contribution in [2.75, 3.05) is 26.7 Å². The second kappa shape index (κ2) is 8.90. The minimum absolute atomic E-state index is 0.236. The van der Waals surface area contributed by atoms with Crippen LogP contribution in [-0.2, 0) is 0 Å². The fourth-order valence-electron chi connectivity index (χ4n) is 4.35. The summed E-state index contributed by atoms with van der Waals surface area (Å²) in [4.78, 5) is 14.0. The molecule has 1 fully saturated rings. The SMILES string of the molecule is CCOc1nn(C2CCN(C)CC2)cc1-c1cnc2[nH]cc(-c3ccc(C(F)F)nc3)c2c1. The minimum Gasteiger partial charge on any atom is -0.476 e. The van der Waals surface area contributed by atoms with Crippen molar-refractivity contribution in [3.05, 3.63) is 48.7 Å². The molecule has 5 rings (SSSR count). The molecular weight excluding hydrogens is 426 g/mol. The topological polar surface area (TPSA) is 71.9 Å². The van der Waals surface area contributed by atoms with Crippen molar-refractivity contribution < 1.29 is 13.5 Å². The third-order valence-electron chi connectivity index (χ3n) is 6.20. The van der Waals surface area contributed by atoms with E-state index in [0.717, 1.165) is 53.6 Å². The first kappa shape index (κ1) is 21.5. The average molecular weight is 453 g/mol. The molecule has 7 nitrogen and oxygen atoms in total. The Morgan fingerprint density at radius 2 is 1.91 bits per heavy atom. The van der Waals surface area contributed by atoms with Gasteiger partial charge in [-0.15, -0.1) is 5.10 Å². The van der Waals surface area contributed by atoms with Crippen LogP contribution < -0.4 is 4.74 Å². The summed E-state index contributed by atoms with van der Waals surface area (Å²) in [6, 6.07) is 5.39. The average Bonchev–Trinajstić information content (AvgIpc) is 3.44. The molecule has 5 heterocycles. The lowest BCUT2D eigenvalue weighted by Crippen LogP contribution is -2.31. The summed E-state index contributed by atoms with van der Waals surface area (Å²) in [5.74, 6) is 0.595. The van der Waals surface area contributed by atoms with Crippen molar-refractivity contribution in [2.24, 2.45) is 0 Å². The van der Waals surface area contributed by atoms with Gasteiger partial charge in [-0.2, -0.15) is 0 Å². The molecule has 0 radical (unpaired) electrons. The number of hydrogen-bond acceptors (Lipinski definition) is 5. The Balaban J connectivity index is 1.52. The van der Waals surface area contributed by atoms with E-state index in [0.29, 0.717) is 24.2 Å². The van der Waals surface area contributed by atoms with E-state index in [-0.39, 0.29) is 5.69 Å². The van der Waals surface area contributed by atoms with E-state index in [1.54, 1.807) is 12.3 Å². The fourth-order valence-corrected chi connectivity index (χ4v) is 4.35. The molecule has 0 aromatic carbocycles. The first-order chi connectivity index (χ1) is 16.0. The van der Waals surface area contributed by atoms with Crippen LogP contribution in [0.4, 0.5) is 8.78 Å². The number of piperidine rings is 1. The monoisotopic (exact) mass is 452 g/mol. The number of aromatic amines is 1. The Hall–Kier alpha value is -3.33. The highest BCUT2D eigenvalue weighted by atomic mass is 19.3. The van der Waals surface area contributed by atoms with Gasteiger partial charge in [-0.3, -0.25) is 9.67 Å². The zero-order valence-corrected chi connectivity index (χ0v) is 18.6. The third-order valence-corrected chi connectivity index (χ3v) is 6.20. The van der Waals surface area contributed by atoms with Gasteiger partial charge in [0.2, 0.25) is 5.88 Å². The van der Waals surface area contributed by atoms with E-state index in [9.17, 15) is 8.78 Å². The zero-order chi connectivity index (χ0) is 22.9. The lowest BCUT2D eigenvalue weighted by Gasteiger charge is -2.28.